The number of carbonyl (C=O) groups is 3. The molecule has 2 atom stereocenters. The standard InChI is InChI=1S/C18H19N3O5/c1-9-3-5-12-15(16(9)26-10(2)22)20-17(24)13-7-11(4-6-14(19)23)8-21(13)18(12)25/h3-6,8,13,17,20,24H,7H2,1-2H3,(H2,19,23)/b6-4+. The highest BCUT2D eigenvalue weighted by molar-refractivity contribution is 6.03. The molecule has 2 aliphatic rings. The first-order valence-electron chi connectivity index (χ1n) is 8.05. The van der Waals surface area contributed by atoms with E-state index in [1.807, 2.05) is 0 Å². The summed E-state index contributed by atoms with van der Waals surface area (Å²) < 4.78 is 5.24. The first kappa shape index (κ1) is 17.7. The SMILES string of the molecule is CC(=O)Oc1c(C)ccc2c1NC(O)C1CC(/C=C/C(N)=O)=CN1C2=O. The van der Waals surface area contributed by atoms with Gasteiger partial charge in [0.2, 0.25) is 5.91 Å². The number of carbonyl (C=O) groups excluding carboxylic acids is 3. The lowest BCUT2D eigenvalue weighted by molar-refractivity contribution is -0.131. The summed E-state index contributed by atoms with van der Waals surface area (Å²) in [5.74, 6) is -1.23. The number of hydrogen-bond acceptors (Lipinski definition) is 6. The van der Waals surface area contributed by atoms with Crippen LogP contribution in [0.4, 0.5) is 5.69 Å². The molecule has 26 heavy (non-hydrogen) atoms. The number of aryl methyl sites for hydroxylation is 1. The molecule has 8 nitrogen and oxygen atoms in total. The van der Waals surface area contributed by atoms with Crippen molar-refractivity contribution in [2.45, 2.75) is 32.5 Å². The van der Waals surface area contributed by atoms with Gasteiger partial charge in [0.25, 0.3) is 5.91 Å². The van der Waals surface area contributed by atoms with Gasteiger partial charge in [-0.25, -0.2) is 0 Å². The van der Waals surface area contributed by atoms with Crippen molar-refractivity contribution in [1.82, 2.24) is 4.90 Å². The molecule has 2 aliphatic heterocycles. The molecule has 8 heteroatoms. The number of allylic oxidation sites excluding steroid dienone is 1. The maximum absolute atomic E-state index is 13.0. The van der Waals surface area contributed by atoms with Crippen LogP contribution in [0.1, 0.15) is 29.3 Å². The van der Waals surface area contributed by atoms with Gasteiger partial charge in [-0.05, 0) is 30.5 Å². The highest BCUT2D eigenvalue weighted by Crippen LogP contribution is 2.39. The van der Waals surface area contributed by atoms with Crippen molar-refractivity contribution in [2.75, 3.05) is 5.32 Å². The summed E-state index contributed by atoms with van der Waals surface area (Å²) in [6, 6.07) is 2.73. The predicted molar refractivity (Wildman–Crippen MR) is 93.1 cm³/mol. The summed E-state index contributed by atoms with van der Waals surface area (Å²) in [6.07, 6.45) is 3.57. The van der Waals surface area contributed by atoms with E-state index in [1.54, 1.807) is 25.3 Å². The van der Waals surface area contributed by atoms with Gasteiger partial charge in [0.15, 0.2) is 5.75 Å². The van der Waals surface area contributed by atoms with E-state index in [4.69, 9.17) is 10.5 Å². The molecule has 0 aliphatic carbocycles. The lowest BCUT2D eigenvalue weighted by Gasteiger charge is -2.25. The minimum Gasteiger partial charge on any atom is -0.424 e. The van der Waals surface area contributed by atoms with Crippen LogP contribution >= 0.6 is 0 Å². The van der Waals surface area contributed by atoms with Gasteiger partial charge in [0, 0.05) is 19.2 Å². The van der Waals surface area contributed by atoms with Crippen LogP contribution in [-0.2, 0) is 9.59 Å². The Labute approximate surface area is 149 Å². The van der Waals surface area contributed by atoms with Crippen LogP contribution in [0.3, 0.4) is 0 Å². The quantitative estimate of drug-likeness (QED) is 0.418. The zero-order chi connectivity index (χ0) is 19.0. The van der Waals surface area contributed by atoms with E-state index in [2.05, 4.69) is 5.32 Å². The smallest absolute Gasteiger partial charge is 0.308 e. The maximum Gasteiger partial charge on any atom is 0.308 e. The van der Waals surface area contributed by atoms with Crippen LogP contribution in [0, 0.1) is 6.92 Å². The molecular formula is C18H19N3O5. The molecule has 0 aromatic heterocycles. The molecule has 2 amide bonds. The molecule has 0 spiro atoms. The summed E-state index contributed by atoms with van der Waals surface area (Å²) in [6.45, 7) is 3.02. The Morgan fingerprint density at radius 2 is 2.15 bits per heavy atom. The van der Waals surface area contributed by atoms with Crippen molar-refractivity contribution in [3.8, 4) is 5.75 Å². The van der Waals surface area contributed by atoms with Gasteiger partial charge in [-0.1, -0.05) is 12.1 Å². The summed E-state index contributed by atoms with van der Waals surface area (Å²) in [4.78, 5) is 36.7. The van der Waals surface area contributed by atoms with Crippen molar-refractivity contribution >= 4 is 23.5 Å². The number of nitrogens with two attached hydrogens (primary N) is 1. The third kappa shape index (κ3) is 3.18. The van der Waals surface area contributed by atoms with E-state index in [9.17, 15) is 19.5 Å². The van der Waals surface area contributed by atoms with Gasteiger partial charge in [-0.2, -0.15) is 0 Å². The fourth-order valence-electron chi connectivity index (χ4n) is 3.11. The average molecular weight is 357 g/mol. The van der Waals surface area contributed by atoms with Gasteiger partial charge >= 0.3 is 5.97 Å². The number of hydrogen-bond donors (Lipinski definition) is 3. The first-order valence-corrected chi connectivity index (χ1v) is 8.05. The molecular weight excluding hydrogens is 338 g/mol. The molecule has 3 rings (SSSR count). The van der Waals surface area contributed by atoms with Crippen molar-refractivity contribution in [1.29, 1.82) is 0 Å². The van der Waals surface area contributed by atoms with Crippen LogP contribution in [0.15, 0.2) is 36.1 Å². The molecule has 0 saturated carbocycles. The largest absolute Gasteiger partial charge is 0.424 e. The number of nitrogens with zero attached hydrogens (tertiary/aromatic N) is 1. The maximum atomic E-state index is 13.0. The Balaban J connectivity index is 2.03. The Kier molecular flexibility index (Phi) is 4.52. The number of fused-ring (bicyclic) bond motifs is 2. The van der Waals surface area contributed by atoms with Gasteiger partial charge in [-0.15, -0.1) is 0 Å². The number of primary amides is 1. The van der Waals surface area contributed by atoms with Gasteiger partial charge in [-0.3, -0.25) is 14.4 Å². The molecule has 2 heterocycles. The Hall–Kier alpha value is -3.13. The Morgan fingerprint density at radius 1 is 1.42 bits per heavy atom. The minimum absolute atomic E-state index is 0.224. The lowest BCUT2D eigenvalue weighted by atomic mass is 10.1. The summed E-state index contributed by atoms with van der Waals surface area (Å²) in [5, 5.41) is 13.5. The fourth-order valence-corrected chi connectivity index (χ4v) is 3.11. The van der Waals surface area contributed by atoms with E-state index >= 15 is 0 Å². The molecule has 136 valence electrons. The van der Waals surface area contributed by atoms with Crippen LogP contribution in [0.25, 0.3) is 0 Å². The minimum atomic E-state index is -1.09. The molecule has 0 radical (unpaired) electrons. The molecule has 4 N–H and O–H groups in total. The number of amides is 2. The normalized spacial score (nSPS) is 21.6. The number of nitrogens with one attached hydrogen (secondary N) is 1. The predicted octanol–water partition coefficient (Wildman–Crippen LogP) is 0.804. The third-order valence-corrected chi connectivity index (χ3v) is 4.29. The zero-order valence-electron chi connectivity index (χ0n) is 14.4. The second kappa shape index (κ2) is 6.64. The average Bonchev–Trinajstić information content (AvgIpc) is 2.96. The van der Waals surface area contributed by atoms with E-state index in [1.165, 1.54) is 24.0 Å². The van der Waals surface area contributed by atoms with Gasteiger partial charge in [0.05, 0.1) is 17.3 Å². The molecule has 0 bridgehead atoms. The lowest BCUT2D eigenvalue weighted by Crippen LogP contribution is -2.42. The van der Waals surface area contributed by atoms with Crippen molar-refractivity contribution < 1.29 is 24.2 Å². The second-order valence-electron chi connectivity index (χ2n) is 6.24. The first-order chi connectivity index (χ1) is 12.3. The van der Waals surface area contributed by atoms with Crippen molar-refractivity contribution in [3.63, 3.8) is 0 Å². The number of rotatable bonds is 3. The monoisotopic (exact) mass is 357 g/mol. The molecule has 0 saturated heterocycles. The molecule has 1 aromatic carbocycles. The fraction of sp³-hybridized carbons (Fsp3) is 0.278. The van der Waals surface area contributed by atoms with E-state index < -0.39 is 24.1 Å². The summed E-state index contributed by atoms with van der Waals surface area (Å²) >= 11 is 0. The molecule has 1 aromatic rings. The van der Waals surface area contributed by atoms with Gasteiger partial charge < -0.3 is 25.8 Å². The van der Waals surface area contributed by atoms with Crippen LogP contribution in [0.2, 0.25) is 0 Å². The Bertz CT molecular complexity index is 859. The van der Waals surface area contributed by atoms with E-state index in [-0.39, 0.29) is 22.9 Å². The van der Waals surface area contributed by atoms with Crippen LogP contribution in [-0.4, -0.2) is 40.1 Å². The number of esters is 1. The Morgan fingerprint density at radius 3 is 2.81 bits per heavy atom. The van der Waals surface area contributed by atoms with E-state index in [0.29, 0.717) is 17.6 Å². The highest BCUT2D eigenvalue weighted by Gasteiger charge is 2.39. The second-order valence-corrected chi connectivity index (χ2v) is 6.24. The molecule has 0 fully saturated rings. The molecule has 2 unspecified atom stereocenters. The zero-order valence-corrected chi connectivity index (χ0v) is 14.4. The summed E-state index contributed by atoms with van der Waals surface area (Å²) in [5.41, 5.74) is 7.02. The topological polar surface area (TPSA) is 122 Å². The van der Waals surface area contributed by atoms with E-state index in [0.717, 1.165) is 0 Å². The number of anilines is 1. The number of benzene rings is 1. The van der Waals surface area contributed by atoms with Crippen LogP contribution in [0.5, 0.6) is 5.75 Å². The number of aliphatic hydroxyl groups excluding tert-OH is 1. The van der Waals surface area contributed by atoms with Gasteiger partial charge in [0.1, 0.15) is 6.23 Å². The van der Waals surface area contributed by atoms with Crippen molar-refractivity contribution in [2.24, 2.45) is 5.73 Å². The third-order valence-electron chi connectivity index (χ3n) is 4.29. The number of ether oxygens (including phenoxy) is 1. The number of aliphatic hydroxyl groups is 1. The summed E-state index contributed by atoms with van der Waals surface area (Å²) in [7, 11) is 0. The van der Waals surface area contributed by atoms with Crippen molar-refractivity contribution in [3.05, 3.63) is 47.2 Å². The van der Waals surface area contributed by atoms with Crippen LogP contribution < -0.4 is 15.8 Å². The highest BCUT2D eigenvalue weighted by atomic mass is 16.5.